The summed E-state index contributed by atoms with van der Waals surface area (Å²) < 4.78 is 12.9. The van der Waals surface area contributed by atoms with Gasteiger partial charge in [-0.05, 0) is 41.5 Å². The monoisotopic (exact) mass is 256 g/mol. The molecular weight excluding hydrogens is 239 g/mol. The van der Waals surface area contributed by atoms with Crippen LogP contribution in [0.3, 0.4) is 0 Å². The normalized spacial score (nSPS) is 23.1. The molecule has 2 aromatic carbocycles. The maximum absolute atomic E-state index is 12.9. The zero-order valence-corrected chi connectivity index (χ0v) is 10.7. The molecule has 1 aliphatic rings. The van der Waals surface area contributed by atoms with Crippen LogP contribution in [0.1, 0.15) is 29.4 Å². The Balaban J connectivity index is 1.77. The van der Waals surface area contributed by atoms with Crippen LogP contribution in [0, 0.1) is 11.7 Å². The van der Waals surface area contributed by atoms with E-state index in [0.717, 1.165) is 12.0 Å². The van der Waals surface area contributed by atoms with Crippen molar-refractivity contribution >= 4 is 0 Å². The average molecular weight is 256 g/mol. The molecule has 19 heavy (non-hydrogen) atoms. The lowest BCUT2D eigenvalue weighted by atomic mass is 9.92. The number of halogens is 1. The zero-order chi connectivity index (χ0) is 13.2. The van der Waals surface area contributed by atoms with Crippen molar-refractivity contribution in [3.05, 3.63) is 71.5 Å². The van der Waals surface area contributed by atoms with E-state index in [4.69, 9.17) is 0 Å². The van der Waals surface area contributed by atoms with Crippen molar-refractivity contribution < 1.29 is 9.50 Å². The van der Waals surface area contributed by atoms with Gasteiger partial charge in [-0.15, -0.1) is 0 Å². The summed E-state index contributed by atoms with van der Waals surface area (Å²) in [7, 11) is 0. The van der Waals surface area contributed by atoms with Gasteiger partial charge in [0, 0.05) is 5.92 Å². The van der Waals surface area contributed by atoms with Crippen LogP contribution >= 0.6 is 0 Å². The summed E-state index contributed by atoms with van der Waals surface area (Å²) in [4.78, 5) is 0. The van der Waals surface area contributed by atoms with Crippen molar-refractivity contribution in [1.82, 2.24) is 0 Å². The molecule has 0 bridgehead atoms. The molecule has 0 aliphatic heterocycles. The topological polar surface area (TPSA) is 20.2 Å². The molecule has 3 rings (SSSR count). The van der Waals surface area contributed by atoms with Gasteiger partial charge in [0.05, 0.1) is 6.61 Å². The van der Waals surface area contributed by atoms with E-state index in [9.17, 15) is 9.50 Å². The van der Waals surface area contributed by atoms with Crippen molar-refractivity contribution in [2.45, 2.75) is 18.3 Å². The summed E-state index contributed by atoms with van der Waals surface area (Å²) >= 11 is 0. The van der Waals surface area contributed by atoms with Crippen LogP contribution in [0.25, 0.3) is 0 Å². The van der Waals surface area contributed by atoms with Gasteiger partial charge in [-0.2, -0.15) is 0 Å². The van der Waals surface area contributed by atoms with E-state index in [1.54, 1.807) is 12.1 Å². The highest BCUT2D eigenvalue weighted by Gasteiger charge is 2.43. The Labute approximate surface area is 112 Å². The molecule has 3 unspecified atom stereocenters. The van der Waals surface area contributed by atoms with E-state index >= 15 is 0 Å². The van der Waals surface area contributed by atoms with Gasteiger partial charge in [-0.3, -0.25) is 0 Å². The van der Waals surface area contributed by atoms with Crippen molar-refractivity contribution in [1.29, 1.82) is 0 Å². The summed E-state index contributed by atoms with van der Waals surface area (Å²) in [5.41, 5.74) is 2.38. The second-order valence-electron chi connectivity index (χ2n) is 5.26. The Bertz CT molecular complexity index is 535. The van der Waals surface area contributed by atoms with Crippen molar-refractivity contribution in [2.24, 2.45) is 5.92 Å². The van der Waals surface area contributed by atoms with Crippen LogP contribution in [0.15, 0.2) is 54.6 Å². The van der Waals surface area contributed by atoms with Crippen LogP contribution < -0.4 is 0 Å². The Morgan fingerprint density at radius 2 is 1.74 bits per heavy atom. The summed E-state index contributed by atoms with van der Waals surface area (Å²) in [6.45, 7) is 0.125. The third kappa shape index (κ3) is 2.54. The van der Waals surface area contributed by atoms with Gasteiger partial charge in [0.2, 0.25) is 0 Å². The Morgan fingerprint density at radius 1 is 1.05 bits per heavy atom. The highest BCUT2D eigenvalue weighted by molar-refractivity contribution is 5.31. The van der Waals surface area contributed by atoms with Crippen LogP contribution in [0.5, 0.6) is 0 Å². The van der Waals surface area contributed by atoms with Crippen molar-refractivity contribution in [3.8, 4) is 0 Å². The molecule has 3 atom stereocenters. The Morgan fingerprint density at radius 3 is 2.37 bits per heavy atom. The van der Waals surface area contributed by atoms with Crippen LogP contribution in [-0.4, -0.2) is 11.7 Å². The zero-order valence-electron chi connectivity index (χ0n) is 10.7. The maximum Gasteiger partial charge on any atom is 0.123 e. The van der Waals surface area contributed by atoms with E-state index in [0.29, 0.717) is 11.8 Å². The molecule has 1 nitrogen and oxygen atoms in total. The fourth-order valence-electron chi connectivity index (χ4n) is 2.94. The highest BCUT2D eigenvalue weighted by atomic mass is 19.1. The average Bonchev–Trinajstić information content (AvgIpc) is 3.23. The first-order valence-corrected chi connectivity index (χ1v) is 6.71. The number of benzene rings is 2. The second-order valence-corrected chi connectivity index (χ2v) is 5.26. The van der Waals surface area contributed by atoms with E-state index < -0.39 is 0 Å². The fraction of sp³-hybridized carbons (Fsp3) is 0.294. The summed E-state index contributed by atoms with van der Waals surface area (Å²) in [6.07, 6.45) is 1.10. The minimum atomic E-state index is -0.226. The lowest BCUT2D eigenvalue weighted by Gasteiger charge is -2.14. The molecule has 0 amide bonds. The minimum absolute atomic E-state index is 0.116. The number of rotatable bonds is 4. The molecule has 98 valence electrons. The molecule has 0 spiro atoms. The third-order valence-electron chi connectivity index (χ3n) is 4.08. The number of aliphatic hydroxyl groups excluding tert-OH is 1. The van der Waals surface area contributed by atoms with Gasteiger partial charge in [-0.25, -0.2) is 4.39 Å². The van der Waals surface area contributed by atoms with Gasteiger partial charge in [-0.1, -0.05) is 42.5 Å². The third-order valence-corrected chi connectivity index (χ3v) is 4.08. The lowest BCUT2D eigenvalue weighted by Crippen LogP contribution is -2.07. The van der Waals surface area contributed by atoms with Crippen molar-refractivity contribution in [2.75, 3.05) is 6.61 Å². The Hall–Kier alpha value is -1.67. The molecule has 0 radical (unpaired) electrons. The largest absolute Gasteiger partial charge is 0.396 e. The molecule has 0 aromatic heterocycles. The molecule has 1 saturated carbocycles. The molecule has 0 heterocycles. The first kappa shape index (κ1) is 12.4. The van der Waals surface area contributed by atoms with Crippen molar-refractivity contribution in [3.63, 3.8) is 0 Å². The van der Waals surface area contributed by atoms with Gasteiger partial charge in [0.1, 0.15) is 5.82 Å². The predicted molar refractivity (Wildman–Crippen MR) is 73.5 cm³/mol. The summed E-state index contributed by atoms with van der Waals surface area (Å²) in [5.74, 6) is 0.892. The first-order valence-electron chi connectivity index (χ1n) is 6.71. The van der Waals surface area contributed by atoms with E-state index in [1.165, 1.54) is 17.7 Å². The molecule has 0 saturated heterocycles. The van der Waals surface area contributed by atoms with Gasteiger partial charge >= 0.3 is 0 Å². The molecule has 2 aromatic rings. The fourth-order valence-corrected chi connectivity index (χ4v) is 2.94. The minimum Gasteiger partial charge on any atom is -0.396 e. The summed E-state index contributed by atoms with van der Waals surface area (Å²) in [6, 6.07) is 16.9. The standard InChI is InChI=1S/C17H17FO/c18-14-8-6-13(7-9-14)17(11-19)16-10-15(16)12-4-2-1-3-5-12/h1-9,15-17,19H,10-11H2. The second kappa shape index (κ2) is 5.14. The SMILES string of the molecule is OCC(c1ccc(F)cc1)C1CC1c1ccccc1. The number of hydrogen-bond donors (Lipinski definition) is 1. The van der Waals surface area contributed by atoms with Crippen LogP contribution in [0.4, 0.5) is 4.39 Å². The molecule has 1 N–H and O–H groups in total. The molecule has 2 heteroatoms. The predicted octanol–water partition coefficient (Wildman–Crippen LogP) is 3.71. The van der Waals surface area contributed by atoms with Crippen LogP contribution in [0.2, 0.25) is 0 Å². The van der Waals surface area contributed by atoms with Crippen LogP contribution in [-0.2, 0) is 0 Å². The molecule has 1 fully saturated rings. The van der Waals surface area contributed by atoms with Gasteiger partial charge in [0.25, 0.3) is 0 Å². The first-order chi connectivity index (χ1) is 9.29. The lowest BCUT2D eigenvalue weighted by molar-refractivity contribution is 0.251. The Kier molecular flexibility index (Phi) is 3.34. The highest BCUT2D eigenvalue weighted by Crippen LogP contribution is 2.54. The number of aliphatic hydroxyl groups is 1. The maximum atomic E-state index is 12.9. The quantitative estimate of drug-likeness (QED) is 0.884. The summed E-state index contributed by atoms with van der Waals surface area (Å²) in [5, 5.41) is 9.63. The van der Waals surface area contributed by atoms with Gasteiger partial charge in [0.15, 0.2) is 0 Å². The number of hydrogen-bond acceptors (Lipinski definition) is 1. The van der Waals surface area contributed by atoms with E-state index in [-0.39, 0.29) is 18.3 Å². The van der Waals surface area contributed by atoms with Gasteiger partial charge < -0.3 is 5.11 Å². The smallest absolute Gasteiger partial charge is 0.123 e. The molecular formula is C17H17FO. The molecule has 1 aliphatic carbocycles. The van der Waals surface area contributed by atoms with E-state index in [1.807, 2.05) is 6.07 Å². The van der Waals surface area contributed by atoms with E-state index in [2.05, 4.69) is 24.3 Å².